The molecule has 6 rings (SSSR count). The van der Waals surface area contributed by atoms with Crippen molar-refractivity contribution in [1.82, 2.24) is 14.5 Å². The first-order chi connectivity index (χ1) is 19.9. The Bertz CT molecular complexity index is 1710. The topological polar surface area (TPSA) is 86.5 Å². The molecule has 5 aromatic rings. The van der Waals surface area contributed by atoms with Crippen LogP contribution in [0.5, 0.6) is 5.88 Å². The molecular weight excluding hydrogens is 545 g/mol. The van der Waals surface area contributed by atoms with Gasteiger partial charge in [-0.1, -0.05) is 48.0 Å². The normalized spacial score (nSPS) is 14.9. The molecule has 1 saturated heterocycles. The van der Waals surface area contributed by atoms with E-state index in [2.05, 4.69) is 9.55 Å². The molecule has 0 radical (unpaired) electrons. The summed E-state index contributed by atoms with van der Waals surface area (Å²) in [6.45, 7) is 1.41. The maximum Gasteiger partial charge on any atom is 0.335 e. The number of carbonyl (C=O) groups is 1. The number of rotatable bonds is 9. The van der Waals surface area contributed by atoms with Crippen molar-refractivity contribution in [2.75, 3.05) is 6.61 Å². The Labute approximate surface area is 241 Å². The number of benzene rings is 3. The van der Waals surface area contributed by atoms with Gasteiger partial charge in [0, 0.05) is 35.2 Å². The number of carboxylic acid groups (broad SMARTS) is 1. The minimum absolute atomic E-state index is 0.0409. The first-order valence-corrected chi connectivity index (χ1v) is 13.8. The molecule has 0 bridgehead atoms. The van der Waals surface area contributed by atoms with Crippen LogP contribution in [0.25, 0.3) is 22.3 Å². The molecule has 1 aliphatic heterocycles. The van der Waals surface area contributed by atoms with E-state index in [1.807, 2.05) is 36.4 Å². The lowest BCUT2D eigenvalue weighted by molar-refractivity contribution is 0.0697. The fourth-order valence-corrected chi connectivity index (χ4v) is 5.22. The predicted molar refractivity (Wildman–Crippen MR) is 154 cm³/mol. The van der Waals surface area contributed by atoms with E-state index >= 15 is 0 Å². The summed E-state index contributed by atoms with van der Waals surface area (Å²) < 4.78 is 27.8. The molecule has 9 heteroatoms. The van der Waals surface area contributed by atoms with Crippen LogP contribution in [-0.4, -0.2) is 38.3 Å². The number of carboxylic acids is 1. The van der Waals surface area contributed by atoms with Crippen LogP contribution in [0.3, 0.4) is 0 Å². The van der Waals surface area contributed by atoms with Gasteiger partial charge < -0.3 is 19.1 Å². The van der Waals surface area contributed by atoms with E-state index in [0.717, 1.165) is 53.1 Å². The minimum Gasteiger partial charge on any atom is -0.478 e. The van der Waals surface area contributed by atoms with Crippen molar-refractivity contribution in [3.8, 4) is 17.1 Å². The molecule has 3 aromatic carbocycles. The van der Waals surface area contributed by atoms with Gasteiger partial charge in [0.2, 0.25) is 5.88 Å². The Morgan fingerprint density at radius 2 is 1.93 bits per heavy atom. The standard InChI is InChI=1S/C32H27ClFN3O4/c33-24-12-10-23(26(34)17-24)19-41-31-5-1-4-27(36-31)21-8-6-20(7-9-21)15-30-35-28-13-11-22(32(38)39)16-29(28)37(30)18-25-3-2-14-40-25/h1,4-13,16-17,25H,2-3,14-15,18-19H2,(H,38,39). The maximum atomic E-state index is 14.1. The highest BCUT2D eigenvalue weighted by molar-refractivity contribution is 6.30. The molecule has 208 valence electrons. The van der Waals surface area contributed by atoms with Crippen LogP contribution in [-0.2, 0) is 24.3 Å². The molecular formula is C32H27ClFN3O4. The van der Waals surface area contributed by atoms with E-state index in [0.29, 0.717) is 29.4 Å². The average molecular weight is 572 g/mol. The number of nitrogens with zero attached hydrogens (tertiary/aromatic N) is 3. The van der Waals surface area contributed by atoms with Crippen molar-refractivity contribution in [3.05, 3.63) is 112 Å². The third-order valence-electron chi connectivity index (χ3n) is 7.21. The lowest BCUT2D eigenvalue weighted by atomic mass is 10.1. The maximum absolute atomic E-state index is 14.1. The second-order valence-corrected chi connectivity index (χ2v) is 10.5. The van der Waals surface area contributed by atoms with Gasteiger partial charge in [-0.15, -0.1) is 0 Å². The number of fused-ring (bicyclic) bond motifs is 1. The zero-order chi connectivity index (χ0) is 28.3. The monoisotopic (exact) mass is 571 g/mol. The molecule has 0 aliphatic carbocycles. The lowest BCUT2D eigenvalue weighted by Crippen LogP contribution is -2.17. The van der Waals surface area contributed by atoms with Crippen molar-refractivity contribution >= 4 is 28.6 Å². The largest absolute Gasteiger partial charge is 0.478 e. The number of hydrogen-bond donors (Lipinski definition) is 1. The van der Waals surface area contributed by atoms with Crippen LogP contribution < -0.4 is 4.74 Å². The third kappa shape index (κ3) is 6.09. The molecule has 0 saturated carbocycles. The Kier molecular flexibility index (Phi) is 7.67. The smallest absolute Gasteiger partial charge is 0.335 e. The van der Waals surface area contributed by atoms with Crippen LogP contribution in [0.4, 0.5) is 4.39 Å². The van der Waals surface area contributed by atoms with Gasteiger partial charge in [-0.3, -0.25) is 0 Å². The summed E-state index contributed by atoms with van der Waals surface area (Å²) in [7, 11) is 0. The number of hydrogen-bond acceptors (Lipinski definition) is 5. The quantitative estimate of drug-likeness (QED) is 0.206. The summed E-state index contributed by atoms with van der Waals surface area (Å²) in [4.78, 5) is 21.1. The Balaban J connectivity index is 1.21. The van der Waals surface area contributed by atoms with Gasteiger partial charge in [-0.2, -0.15) is 0 Å². The Morgan fingerprint density at radius 3 is 2.68 bits per heavy atom. The molecule has 1 N–H and O–H groups in total. The molecule has 1 atom stereocenters. The van der Waals surface area contributed by atoms with Gasteiger partial charge in [-0.05, 0) is 54.8 Å². The third-order valence-corrected chi connectivity index (χ3v) is 7.45. The van der Waals surface area contributed by atoms with Crippen molar-refractivity contribution in [1.29, 1.82) is 0 Å². The fourth-order valence-electron chi connectivity index (χ4n) is 5.06. The van der Waals surface area contributed by atoms with E-state index in [9.17, 15) is 14.3 Å². The number of imidazole rings is 1. The summed E-state index contributed by atoms with van der Waals surface area (Å²) in [5, 5.41) is 9.85. The van der Waals surface area contributed by atoms with Gasteiger partial charge in [0.05, 0.1) is 34.9 Å². The Morgan fingerprint density at radius 1 is 1.07 bits per heavy atom. The van der Waals surface area contributed by atoms with Crippen LogP contribution in [0, 0.1) is 5.82 Å². The lowest BCUT2D eigenvalue weighted by Gasteiger charge is -2.14. The van der Waals surface area contributed by atoms with Gasteiger partial charge in [0.1, 0.15) is 18.2 Å². The highest BCUT2D eigenvalue weighted by atomic mass is 35.5. The number of halogens is 2. The SMILES string of the molecule is O=C(O)c1ccc2nc(Cc3ccc(-c4cccc(OCc5ccc(Cl)cc5F)n4)cc3)n(CC3CCCO3)c2c1. The van der Waals surface area contributed by atoms with Crippen molar-refractivity contribution in [2.45, 2.75) is 38.5 Å². The Hall–Kier alpha value is -4.27. The van der Waals surface area contributed by atoms with Gasteiger partial charge >= 0.3 is 5.97 Å². The molecule has 0 amide bonds. The molecule has 3 heterocycles. The van der Waals surface area contributed by atoms with E-state index < -0.39 is 11.8 Å². The van der Waals surface area contributed by atoms with Crippen molar-refractivity contribution in [2.24, 2.45) is 0 Å². The molecule has 41 heavy (non-hydrogen) atoms. The zero-order valence-corrected chi connectivity index (χ0v) is 22.9. The number of aromatic nitrogens is 3. The molecule has 7 nitrogen and oxygen atoms in total. The van der Waals surface area contributed by atoms with Gasteiger partial charge in [0.25, 0.3) is 0 Å². The van der Waals surface area contributed by atoms with Crippen LogP contribution in [0.15, 0.2) is 78.9 Å². The predicted octanol–water partition coefficient (Wildman–Crippen LogP) is 6.94. The minimum atomic E-state index is -0.964. The summed E-state index contributed by atoms with van der Waals surface area (Å²) in [6.07, 6.45) is 2.65. The fraction of sp³-hybridized carbons (Fsp3) is 0.219. The second-order valence-electron chi connectivity index (χ2n) is 10.0. The van der Waals surface area contributed by atoms with E-state index in [-0.39, 0.29) is 18.3 Å². The average Bonchev–Trinajstić information content (AvgIpc) is 3.61. The van der Waals surface area contributed by atoms with Crippen molar-refractivity contribution in [3.63, 3.8) is 0 Å². The van der Waals surface area contributed by atoms with Gasteiger partial charge in [0.15, 0.2) is 0 Å². The van der Waals surface area contributed by atoms with Crippen LogP contribution in [0.2, 0.25) is 5.02 Å². The second kappa shape index (κ2) is 11.7. The molecule has 2 aromatic heterocycles. The summed E-state index contributed by atoms with van der Waals surface area (Å²) >= 11 is 5.83. The summed E-state index contributed by atoms with van der Waals surface area (Å²) in [5.74, 6) is -0.136. The van der Waals surface area contributed by atoms with E-state index in [4.69, 9.17) is 26.1 Å². The van der Waals surface area contributed by atoms with Crippen LogP contribution in [0.1, 0.15) is 40.2 Å². The highest BCUT2D eigenvalue weighted by Gasteiger charge is 2.21. The highest BCUT2D eigenvalue weighted by Crippen LogP contribution is 2.26. The molecule has 1 fully saturated rings. The zero-order valence-electron chi connectivity index (χ0n) is 22.1. The molecule has 1 unspecified atom stereocenters. The summed E-state index contributed by atoms with van der Waals surface area (Å²) in [6, 6.07) is 23.1. The van der Waals surface area contributed by atoms with Gasteiger partial charge in [-0.25, -0.2) is 19.2 Å². The molecule has 0 spiro atoms. The van der Waals surface area contributed by atoms with Crippen molar-refractivity contribution < 1.29 is 23.8 Å². The van der Waals surface area contributed by atoms with Crippen LogP contribution >= 0.6 is 11.6 Å². The van der Waals surface area contributed by atoms with E-state index in [1.165, 1.54) is 6.07 Å². The molecule has 1 aliphatic rings. The number of ether oxygens (including phenoxy) is 2. The number of aromatic carboxylic acids is 1. The van der Waals surface area contributed by atoms with E-state index in [1.54, 1.807) is 36.4 Å². The first-order valence-electron chi connectivity index (χ1n) is 13.4. The first kappa shape index (κ1) is 26.9. The number of pyridine rings is 1. The summed E-state index contributed by atoms with van der Waals surface area (Å²) in [5.41, 5.74) is 4.90.